The molecule has 1 aromatic carbocycles. The van der Waals surface area contributed by atoms with Crippen LogP contribution in [0.3, 0.4) is 0 Å². The first-order valence-corrected chi connectivity index (χ1v) is 6.47. The van der Waals surface area contributed by atoms with E-state index >= 15 is 0 Å². The lowest BCUT2D eigenvalue weighted by Gasteiger charge is -2.30. The molecule has 1 fully saturated rings. The monoisotopic (exact) mass is 218 g/mol. The summed E-state index contributed by atoms with van der Waals surface area (Å²) in [5.41, 5.74) is 1.84. The van der Waals surface area contributed by atoms with Crippen LogP contribution in [0.2, 0.25) is 0 Å². The fourth-order valence-electron chi connectivity index (χ4n) is 3.01. The minimum absolute atomic E-state index is 0.166. The smallest absolute Gasteiger partial charge is 0.0512 e. The Morgan fingerprint density at radius 3 is 2.38 bits per heavy atom. The molecule has 16 heavy (non-hydrogen) atoms. The summed E-state index contributed by atoms with van der Waals surface area (Å²) in [5.74, 6) is 0. The van der Waals surface area contributed by atoms with Crippen LogP contribution in [0.1, 0.15) is 51.0 Å². The van der Waals surface area contributed by atoms with Gasteiger partial charge in [0.2, 0.25) is 0 Å². The highest BCUT2D eigenvalue weighted by molar-refractivity contribution is 5.26. The van der Waals surface area contributed by atoms with Gasteiger partial charge in [-0.25, -0.2) is 0 Å². The van der Waals surface area contributed by atoms with E-state index in [0.29, 0.717) is 5.41 Å². The van der Waals surface area contributed by atoms with Gasteiger partial charge in [-0.1, -0.05) is 43.2 Å². The van der Waals surface area contributed by atoms with Crippen LogP contribution >= 0.6 is 0 Å². The molecule has 0 radical (unpaired) electrons. The van der Waals surface area contributed by atoms with Crippen LogP contribution in [0.5, 0.6) is 0 Å². The molecule has 1 atom stereocenters. The van der Waals surface area contributed by atoms with E-state index in [1.165, 1.54) is 31.2 Å². The van der Waals surface area contributed by atoms with Crippen LogP contribution in [-0.2, 0) is 5.41 Å². The van der Waals surface area contributed by atoms with Crippen molar-refractivity contribution in [2.24, 2.45) is 0 Å². The second kappa shape index (κ2) is 5.01. The summed E-state index contributed by atoms with van der Waals surface area (Å²) in [6, 6.07) is 10.9. The highest BCUT2D eigenvalue weighted by atomic mass is 16.3. The first-order chi connectivity index (χ1) is 7.73. The van der Waals surface area contributed by atoms with Gasteiger partial charge in [-0.3, -0.25) is 0 Å². The van der Waals surface area contributed by atoms with Crippen molar-refractivity contribution >= 4 is 0 Å². The summed E-state index contributed by atoms with van der Waals surface area (Å²) in [6.07, 6.45) is 7.17. The fraction of sp³-hybridized carbons (Fsp3) is 0.600. The standard InChI is InChI=1S/C15H22O/c1-13(16)9-12-15(10-5-6-11-15)14-7-3-2-4-8-14/h2-4,7-8,13,16H,5-6,9-12H2,1H3/t13-/m0/s1. The number of aliphatic hydroxyl groups is 1. The SMILES string of the molecule is C[C@H](O)CCC1(c2ccccc2)CCCC1. The molecule has 1 nitrogen and oxygen atoms in total. The van der Waals surface area contributed by atoms with Gasteiger partial charge in [0.15, 0.2) is 0 Å². The van der Waals surface area contributed by atoms with E-state index in [1.807, 2.05) is 6.92 Å². The fourth-order valence-corrected chi connectivity index (χ4v) is 3.01. The Morgan fingerprint density at radius 2 is 1.81 bits per heavy atom. The Morgan fingerprint density at radius 1 is 1.19 bits per heavy atom. The summed E-state index contributed by atoms with van der Waals surface area (Å²) in [7, 11) is 0. The van der Waals surface area contributed by atoms with Crippen molar-refractivity contribution in [2.45, 2.75) is 57.0 Å². The van der Waals surface area contributed by atoms with Gasteiger partial charge in [0.25, 0.3) is 0 Å². The molecule has 1 N–H and O–H groups in total. The summed E-state index contributed by atoms with van der Waals surface area (Å²) >= 11 is 0. The van der Waals surface area contributed by atoms with Gasteiger partial charge in [-0.2, -0.15) is 0 Å². The minimum Gasteiger partial charge on any atom is -0.393 e. The number of hydrogen-bond acceptors (Lipinski definition) is 1. The zero-order chi connectivity index (χ0) is 11.4. The molecular formula is C15H22O. The molecular weight excluding hydrogens is 196 g/mol. The Labute approximate surface area is 98.5 Å². The second-order valence-electron chi connectivity index (χ2n) is 5.24. The Kier molecular flexibility index (Phi) is 3.65. The predicted molar refractivity (Wildman–Crippen MR) is 67.5 cm³/mol. The molecule has 0 aliphatic heterocycles. The zero-order valence-corrected chi connectivity index (χ0v) is 10.2. The van der Waals surface area contributed by atoms with Gasteiger partial charge in [0, 0.05) is 0 Å². The first-order valence-electron chi connectivity index (χ1n) is 6.47. The maximum Gasteiger partial charge on any atom is 0.0512 e. The van der Waals surface area contributed by atoms with E-state index in [4.69, 9.17) is 0 Å². The summed E-state index contributed by atoms with van der Waals surface area (Å²) in [5, 5.41) is 9.47. The molecule has 0 bridgehead atoms. The Balaban J connectivity index is 2.16. The minimum atomic E-state index is -0.166. The van der Waals surface area contributed by atoms with E-state index in [-0.39, 0.29) is 6.10 Å². The van der Waals surface area contributed by atoms with Crippen molar-refractivity contribution in [3.63, 3.8) is 0 Å². The maximum atomic E-state index is 9.47. The van der Waals surface area contributed by atoms with Crippen molar-refractivity contribution in [1.82, 2.24) is 0 Å². The van der Waals surface area contributed by atoms with Gasteiger partial charge >= 0.3 is 0 Å². The van der Waals surface area contributed by atoms with Crippen LogP contribution in [0, 0.1) is 0 Å². The molecule has 0 aromatic heterocycles. The highest BCUT2D eigenvalue weighted by Gasteiger charge is 2.34. The van der Waals surface area contributed by atoms with E-state index in [9.17, 15) is 5.11 Å². The number of aliphatic hydroxyl groups excluding tert-OH is 1. The maximum absolute atomic E-state index is 9.47. The van der Waals surface area contributed by atoms with Crippen LogP contribution in [0.15, 0.2) is 30.3 Å². The van der Waals surface area contributed by atoms with E-state index in [1.54, 1.807) is 0 Å². The quantitative estimate of drug-likeness (QED) is 0.817. The molecule has 2 rings (SSSR count). The Bertz CT molecular complexity index is 309. The molecule has 0 amide bonds. The molecule has 1 aliphatic carbocycles. The number of hydrogen-bond donors (Lipinski definition) is 1. The lowest BCUT2D eigenvalue weighted by atomic mass is 9.75. The van der Waals surface area contributed by atoms with Crippen LogP contribution in [0.25, 0.3) is 0 Å². The zero-order valence-electron chi connectivity index (χ0n) is 10.2. The number of rotatable bonds is 4. The average molecular weight is 218 g/mol. The van der Waals surface area contributed by atoms with Gasteiger partial charge in [-0.05, 0) is 43.6 Å². The number of benzene rings is 1. The predicted octanol–water partition coefficient (Wildman–Crippen LogP) is 3.66. The van der Waals surface area contributed by atoms with Gasteiger partial charge in [-0.15, -0.1) is 0 Å². The van der Waals surface area contributed by atoms with Crippen molar-refractivity contribution in [1.29, 1.82) is 0 Å². The first kappa shape index (κ1) is 11.7. The Hall–Kier alpha value is -0.820. The van der Waals surface area contributed by atoms with Crippen LogP contribution in [0.4, 0.5) is 0 Å². The van der Waals surface area contributed by atoms with Gasteiger partial charge < -0.3 is 5.11 Å². The molecule has 88 valence electrons. The van der Waals surface area contributed by atoms with Crippen LogP contribution < -0.4 is 0 Å². The molecule has 0 saturated heterocycles. The van der Waals surface area contributed by atoms with Crippen molar-refractivity contribution < 1.29 is 5.11 Å². The van der Waals surface area contributed by atoms with Crippen molar-refractivity contribution in [2.75, 3.05) is 0 Å². The highest BCUT2D eigenvalue weighted by Crippen LogP contribution is 2.44. The third-order valence-electron chi connectivity index (χ3n) is 3.99. The molecule has 0 heterocycles. The average Bonchev–Trinajstić information content (AvgIpc) is 2.78. The van der Waals surface area contributed by atoms with E-state index in [0.717, 1.165) is 12.8 Å². The molecule has 1 heteroatoms. The normalized spacial score (nSPS) is 20.9. The van der Waals surface area contributed by atoms with Gasteiger partial charge in [0.1, 0.15) is 0 Å². The third-order valence-corrected chi connectivity index (χ3v) is 3.99. The van der Waals surface area contributed by atoms with Crippen molar-refractivity contribution in [3.8, 4) is 0 Å². The summed E-state index contributed by atoms with van der Waals surface area (Å²) < 4.78 is 0. The largest absolute Gasteiger partial charge is 0.393 e. The van der Waals surface area contributed by atoms with E-state index < -0.39 is 0 Å². The molecule has 1 aliphatic rings. The summed E-state index contributed by atoms with van der Waals surface area (Å²) in [6.45, 7) is 1.90. The third kappa shape index (κ3) is 2.46. The molecule has 1 aromatic rings. The van der Waals surface area contributed by atoms with Crippen LogP contribution in [-0.4, -0.2) is 11.2 Å². The lowest BCUT2D eigenvalue weighted by Crippen LogP contribution is -2.23. The molecule has 1 saturated carbocycles. The van der Waals surface area contributed by atoms with E-state index in [2.05, 4.69) is 30.3 Å². The summed E-state index contributed by atoms with van der Waals surface area (Å²) in [4.78, 5) is 0. The molecule has 0 unspecified atom stereocenters. The molecule has 0 spiro atoms. The topological polar surface area (TPSA) is 20.2 Å². The lowest BCUT2D eigenvalue weighted by molar-refractivity contribution is 0.168. The second-order valence-corrected chi connectivity index (χ2v) is 5.24. The van der Waals surface area contributed by atoms with Gasteiger partial charge in [0.05, 0.1) is 6.10 Å². The van der Waals surface area contributed by atoms with Crippen molar-refractivity contribution in [3.05, 3.63) is 35.9 Å².